The van der Waals surface area contributed by atoms with Crippen molar-refractivity contribution in [3.63, 3.8) is 0 Å². The summed E-state index contributed by atoms with van der Waals surface area (Å²) in [5, 5.41) is 14.7. The van der Waals surface area contributed by atoms with Crippen molar-refractivity contribution in [3.8, 4) is 5.75 Å². The second kappa shape index (κ2) is 12.3. The van der Waals surface area contributed by atoms with Crippen LogP contribution in [0.2, 0.25) is 5.02 Å². The van der Waals surface area contributed by atoms with E-state index in [0.717, 1.165) is 6.29 Å². The Labute approximate surface area is 202 Å². The van der Waals surface area contributed by atoms with Crippen molar-refractivity contribution in [2.45, 2.75) is 19.4 Å². The summed E-state index contributed by atoms with van der Waals surface area (Å²) in [6.07, 6.45) is 2.26. The second-order valence-electron chi connectivity index (χ2n) is 7.52. The predicted octanol–water partition coefficient (Wildman–Crippen LogP) is 5.08. The zero-order valence-electron chi connectivity index (χ0n) is 18.9. The van der Waals surface area contributed by atoms with Gasteiger partial charge in [0.25, 0.3) is 5.69 Å². The highest BCUT2D eigenvalue weighted by Crippen LogP contribution is 2.20. The first-order valence-electron chi connectivity index (χ1n) is 10.1. The number of aldehydes is 1. The minimum Gasteiger partial charge on any atom is -0.480 e. The van der Waals surface area contributed by atoms with Gasteiger partial charge in [-0.2, -0.15) is 5.10 Å². The van der Waals surface area contributed by atoms with Gasteiger partial charge in [-0.05, 0) is 62.4 Å². The topological polar surface area (TPSA) is 111 Å². The molecule has 3 aromatic carbocycles. The number of nitrogens with zero attached hydrogens (tertiary/aromatic N) is 2. The number of hydrogen-bond donors (Lipinski definition) is 1. The Kier molecular flexibility index (Phi) is 9.46. The lowest BCUT2D eigenvalue weighted by Crippen LogP contribution is -2.29. The maximum absolute atomic E-state index is 12.3. The fourth-order valence-corrected chi connectivity index (χ4v) is 2.75. The van der Waals surface area contributed by atoms with Crippen LogP contribution in [-0.2, 0) is 4.79 Å². The first kappa shape index (κ1) is 26.2. The van der Waals surface area contributed by atoms with Crippen LogP contribution in [0.4, 0.5) is 5.69 Å². The van der Waals surface area contributed by atoms with Crippen LogP contribution in [-0.4, -0.2) is 35.9 Å². The Balaban J connectivity index is 0.000000270. The number of halogens is 1. The van der Waals surface area contributed by atoms with E-state index < -0.39 is 10.5 Å². The Morgan fingerprint density at radius 1 is 1.06 bits per heavy atom. The fraction of sp³-hybridized carbons (Fsp3) is 0.160. The molecule has 34 heavy (non-hydrogen) atoms. The number of ether oxygens (including phenoxy) is 1. The Morgan fingerprint density at radius 3 is 2.18 bits per heavy atom. The summed E-state index contributed by atoms with van der Waals surface area (Å²) < 4.78 is 5.51. The van der Waals surface area contributed by atoms with Crippen LogP contribution < -0.4 is 10.2 Å². The van der Waals surface area contributed by atoms with E-state index in [0.29, 0.717) is 27.5 Å². The van der Waals surface area contributed by atoms with Gasteiger partial charge in [0.05, 0.1) is 11.1 Å². The molecule has 0 unspecified atom stereocenters. The zero-order chi connectivity index (χ0) is 25.1. The second-order valence-corrected chi connectivity index (χ2v) is 7.95. The third-order valence-corrected chi connectivity index (χ3v) is 4.56. The summed E-state index contributed by atoms with van der Waals surface area (Å²) in [7, 11) is 1.66. The first-order chi connectivity index (χ1) is 16.1. The van der Waals surface area contributed by atoms with Crippen LogP contribution in [0, 0.1) is 10.1 Å². The summed E-state index contributed by atoms with van der Waals surface area (Å²) >= 11 is 5.80. The summed E-state index contributed by atoms with van der Waals surface area (Å²) in [5.41, 5.74) is 3.56. The van der Waals surface area contributed by atoms with E-state index in [2.05, 4.69) is 10.5 Å². The van der Waals surface area contributed by atoms with Crippen molar-refractivity contribution in [2.24, 2.45) is 5.10 Å². The van der Waals surface area contributed by atoms with E-state index in [9.17, 15) is 19.7 Å². The summed E-state index contributed by atoms with van der Waals surface area (Å²) in [5.74, 6) is 0.452. The SMILES string of the molecule is CC(C)(C=O)Oc1ccc(C(=O)c2ccc(Cl)cc2)cc1.CN/N=C/c1cccc([N+](=O)[O-])c1. The number of carbonyl (C=O) groups excluding carboxylic acids is 2. The Morgan fingerprint density at radius 2 is 1.65 bits per heavy atom. The van der Waals surface area contributed by atoms with Gasteiger partial charge in [0, 0.05) is 40.9 Å². The molecule has 0 saturated heterocycles. The molecule has 1 N–H and O–H groups in total. The van der Waals surface area contributed by atoms with Gasteiger partial charge in [-0.1, -0.05) is 23.7 Å². The number of nitro benzene ring substituents is 1. The predicted molar refractivity (Wildman–Crippen MR) is 132 cm³/mol. The first-order valence-corrected chi connectivity index (χ1v) is 10.5. The molecule has 0 aliphatic heterocycles. The van der Waals surface area contributed by atoms with Gasteiger partial charge in [0.15, 0.2) is 17.7 Å². The Bertz CT molecular complexity index is 1160. The molecule has 0 amide bonds. The van der Waals surface area contributed by atoms with Crippen LogP contribution in [0.15, 0.2) is 77.9 Å². The van der Waals surface area contributed by atoms with Crippen molar-refractivity contribution in [1.29, 1.82) is 0 Å². The lowest BCUT2D eigenvalue weighted by Gasteiger charge is -2.19. The average molecular weight is 482 g/mol. The van der Waals surface area contributed by atoms with E-state index in [-0.39, 0.29) is 11.5 Å². The van der Waals surface area contributed by atoms with Gasteiger partial charge in [-0.25, -0.2) is 0 Å². The molecular weight excluding hydrogens is 458 g/mol. The molecular formula is C25H24ClN3O5. The van der Waals surface area contributed by atoms with Gasteiger partial charge >= 0.3 is 0 Å². The third-order valence-electron chi connectivity index (χ3n) is 4.31. The minimum absolute atomic E-state index is 0.0695. The molecule has 8 nitrogen and oxygen atoms in total. The molecule has 3 aromatic rings. The van der Waals surface area contributed by atoms with Crippen LogP contribution in [0.3, 0.4) is 0 Å². The maximum atomic E-state index is 12.3. The molecule has 0 radical (unpaired) electrons. The number of nitro groups is 1. The van der Waals surface area contributed by atoms with E-state index in [1.807, 2.05) is 0 Å². The smallest absolute Gasteiger partial charge is 0.270 e. The van der Waals surface area contributed by atoms with Crippen molar-refractivity contribution in [1.82, 2.24) is 5.43 Å². The van der Waals surface area contributed by atoms with E-state index in [1.54, 1.807) is 81.6 Å². The Hall–Kier alpha value is -4.04. The molecule has 9 heteroatoms. The molecule has 0 aromatic heterocycles. The molecule has 0 atom stereocenters. The van der Waals surface area contributed by atoms with Crippen LogP contribution in [0.25, 0.3) is 0 Å². The van der Waals surface area contributed by atoms with Crippen molar-refractivity contribution < 1.29 is 19.2 Å². The molecule has 0 fully saturated rings. The monoisotopic (exact) mass is 481 g/mol. The highest BCUT2D eigenvalue weighted by Gasteiger charge is 2.18. The normalized spacial score (nSPS) is 10.7. The van der Waals surface area contributed by atoms with Crippen LogP contribution in [0.1, 0.15) is 35.3 Å². The minimum atomic E-state index is -0.887. The number of nitrogens with one attached hydrogen (secondary N) is 1. The van der Waals surface area contributed by atoms with Crippen molar-refractivity contribution >= 4 is 35.6 Å². The number of ketones is 1. The van der Waals surface area contributed by atoms with Crippen LogP contribution in [0.5, 0.6) is 5.75 Å². The standard InChI is InChI=1S/C17H15ClO3.C8H9N3O2/c1-17(2,11-19)21-15-9-5-13(6-10-15)16(20)12-3-7-14(18)8-4-12;1-9-10-6-7-3-2-4-8(5-7)11(12)13/h3-11H,1-2H3;2-6,9H,1H3/b;10-6+. The lowest BCUT2D eigenvalue weighted by molar-refractivity contribution is -0.384. The number of carbonyl (C=O) groups is 2. The van der Waals surface area contributed by atoms with E-state index in [4.69, 9.17) is 16.3 Å². The number of hydrazone groups is 1. The summed E-state index contributed by atoms with van der Waals surface area (Å²) in [4.78, 5) is 33.0. The zero-order valence-corrected chi connectivity index (χ0v) is 19.7. The van der Waals surface area contributed by atoms with Gasteiger partial charge in [-0.3, -0.25) is 19.7 Å². The molecule has 0 bridgehead atoms. The number of rotatable bonds is 8. The van der Waals surface area contributed by atoms with E-state index in [1.165, 1.54) is 18.3 Å². The summed E-state index contributed by atoms with van der Waals surface area (Å²) in [6, 6.07) is 19.7. The maximum Gasteiger partial charge on any atom is 0.270 e. The number of benzene rings is 3. The molecule has 176 valence electrons. The van der Waals surface area contributed by atoms with Gasteiger partial charge in [0.1, 0.15) is 5.75 Å². The van der Waals surface area contributed by atoms with Gasteiger partial charge in [0.2, 0.25) is 0 Å². The van der Waals surface area contributed by atoms with E-state index >= 15 is 0 Å². The van der Waals surface area contributed by atoms with Gasteiger partial charge in [-0.15, -0.1) is 0 Å². The fourth-order valence-electron chi connectivity index (χ4n) is 2.63. The van der Waals surface area contributed by atoms with Gasteiger partial charge < -0.3 is 10.2 Å². The highest BCUT2D eigenvalue weighted by molar-refractivity contribution is 6.30. The largest absolute Gasteiger partial charge is 0.480 e. The number of non-ortho nitro benzene ring substituents is 1. The van der Waals surface area contributed by atoms with Crippen molar-refractivity contribution in [2.75, 3.05) is 7.05 Å². The molecule has 0 aliphatic rings. The highest BCUT2D eigenvalue weighted by atomic mass is 35.5. The molecule has 0 heterocycles. The summed E-state index contributed by atoms with van der Waals surface area (Å²) in [6.45, 7) is 3.35. The van der Waals surface area contributed by atoms with Crippen molar-refractivity contribution in [3.05, 3.63) is 105 Å². The third kappa shape index (κ3) is 8.14. The quantitative estimate of drug-likeness (QED) is 0.158. The lowest BCUT2D eigenvalue weighted by atomic mass is 10.0. The average Bonchev–Trinajstić information content (AvgIpc) is 2.83. The molecule has 3 rings (SSSR count). The van der Waals surface area contributed by atoms with Crippen LogP contribution >= 0.6 is 11.6 Å². The number of hydrogen-bond acceptors (Lipinski definition) is 7. The molecule has 0 saturated carbocycles. The molecule has 0 aliphatic carbocycles. The molecule has 0 spiro atoms.